The van der Waals surface area contributed by atoms with Gasteiger partial charge in [-0.05, 0) is 207 Å². The lowest BCUT2D eigenvalue weighted by Gasteiger charge is -2.46. The number of carbonyl (C=O) groups is 5. The van der Waals surface area contributed by atoms with E-state index in [-0.39, 0.29) is 160 Å². The zero-order valence-corrected chi connectivity index (χ0v) is 61.0. The van der Waals surface area contributed by atoms with Crippen LogP contribution in [0.2, 0.25) is 0 Å². The molecule has 2 unspecified atom stereocenters. The van der Waals surface area contributed by atoms with Crippen LogP contribution in [0.5, 0.6) is 0 Å². The lowest BCUT2D eigenvalue weighted by molar-refractivity contribution is -0.208. The van der Waals surface area contributed by atoms with Crippen molar-refractivity contribution >= 4 is 29.8 Å². The molecule has 0 aliphatic carbocycles. The van der Waals surface area contributed by atoms with Crippen LogP contribution in [-0.4, -0.2) is 176 Å². The van der Waals surface area contributed by atoms with Gasteiger partial charge in [0, 0.05) is 70.2 Å². The van der Waals surface area contributed by atoms with E-state index < -0.39 is 47.0 Å². The van der Waals surface area contributed by atoms with Gasteiger partial charge in [0.25, 0.3) is 0 Å². The van der Waals surface area contributed by atoms with Crippen LogP contribution in [-0.2, 0) is 71.3 Å². The fraction of sp³-hybridized carbons (Fsp3) is 0.931. The third kappa shape index (κ3) is 29.3. The summed E-state index contributed by atoms with van der Waals surface area (Å²) < 4.78 is 60.3. The maximum absolute atomic E-state index is 14.4. The van der Waals surface area contributed by atoms with Crippen LogP contribution in [0.3, 0.4) is 0 Å². The van der Waals surface area contributed by atoms with E-state index in [1.54, 1.807) is 0 Å². The largest absolute Gasteiger partial charge is 0.466 e. The number of ether oxygens (including phenoxy) is 10. The number of aliphatic hydroxyl groups is 1. The van der Waals surface area contributed by atoms with Gasteiger partial charge in [0.15, 0.2) is 11.7 Å². The molecular formula is C72H132N4O16. The van der Waals surface area contributed by atoms with Crippen molar-refractivity contribution in [1.29, 1.82) is 0 Å². The Hall–Kier alpha value is -3.05. The maximum Gasteiger partial charge on any atom is 0.323 e. The molecule has 4 rings (SSSR count). The average Bonchev–Trinajstić information content (AvgIpc) is 0.885. The standard InChI is InChI=1S/C72H132N4O16/c1-19-21-31-71(59(79)89-41-25-37-83-53-45-63(3,4)73-64(5,6)46-53,60(80)90-42-26-38-84-54-47-65(7,8)74-66(9,10)48-54)33-23-35-87-57(77)29-30-58(78)88-36-24-34-72(32-22-20-2,61(81)91-43-27-39-85-55-49-67(11,12)75-68(13,14)50-55)62(82)92-44-28-40-86-56-51-69(15,16)76-70(17,18)52-56/h53-56,59,73-76,79H,19-52H2,1-18H3. The molecule has 0 aromatic heterocycles. The summed E-state index contributed by atoms with van der Waals surface area (Å²) in [4.78, 5) is 69.3. The maximum atomic E-state index is 14.4. The molecule has 0 spiro atoms. The Kier molecular flexibility index (Phi) is 32.3. The Labute approximate surface area is 556 Å². The highest BCUT2D eigenvalue weighted by Crippen LogP contribution is 2.40. The highest BCUT2D eigenvalue weighted by molar-refractivity contribution is 6.00. The first-order valence-electron chi connectivity index (χ1n) is 35.5. The van der Waals surface area contributed by atoms with E-state index in [2.05, 4.69) is 132 Å². The third-order valence-electron chi connectivity index (χ3n) is 18.3. The Morgan fingerprint density at radius 2 is 0.620 bits per heavy atom. The molecule has 4 saturated heterocycles. The second-order valence-corrected chi connectivity index (χ2v) is 32.8. The lowest BCUT2D eigenvalue weighted by Crippen LogP contribution is -2.59. The predicted octanol–water partition coefficient (Wildman–Crippen LogP) is 11.6. The van der Waals surface area contributed by atoms with Gasteiger partial charge in [-0.3, -0.25) is 24.0 Å². The van der Waals surface area contributed by atoms with Gasteiger partial charge < -0.3 is 73.7 Å². The van der Waals surface area contributed by atoms with E-state index in [0.717, 1.165) is 57.8 Å². The number of aliphatic hydroxyl groups excluding tert-OH is 1. The molecule has 0 amide bonds. The Bertz CT molecular complexity index is 2130. The number of hydrogen-bond donors (Lipinski definition) is 5. The van der Waals surface area contributed by atoms with E-state index in [1.807, 2.05) is 13.8 Å². The van der Waals surface area contributed by atoms with Crippen molar-refractivity contribution in [3.63, 3.8) is 0 Å². The average molecular weight is 1310 g/mol. The molecular weight excluding hydrogens is 1180 g/mol. The summed E-state index contributed by atoms with van der Waals surface area (Å²) in [5.74, 6) is -3.19. The van der Waals surface area contributed by atoms with Crippen molar-refractivity contribution in [2.75, 3.05) is 66.1 Å². The fourth-order valence-corrected chi connectivity index (χ4v) is 15.6. The summed E-state index contributed by atoms with van der Waals surface area (Å²) in [6.07, 6.45) is 10.5. The SMILES string of the molecule is CCCCC(CCCOC(=O)CCC(=O)OCCCC(CCCC)(C(=O)OCCCOC1CC(C)(C)NC(C)(C)C1)C(O)OCCCOC1CC(C)(C)NC(C)(C)C1)(C(=O)OCCCOC1CC(C)(C)NC(C)(C)C1)C(=O)OCCCOC1CC(C)(C)NC(C)(C)C1. The van der Waals surface area contributed by atoms with Gasteiger partial charge in [-0.1, -0.05) is 39.5 Å². The lowest BCUT2D eigenvalue weighted by atomic mass is 9.77. The Morgan fingerprint density at radius 3 is 0.946 bits per heavy atom. The predicted molar refractivity (Wildman–Crippen MR) is 358 cm³/mol. The monoisotopic (exact) mass is 1310 g/mol. The van der Waals surface area contributed by atoms with Crippen LogP contribution in [0, 0.1) is 10.8 Å². The number of carbonyl (C=O) groups excluding carboxylic acids is 5. The first-order valence-corrected chi connectivity index (χ1v) is 35.5. The van der Waals surface area contributed by atoms with Crippen LogP contribution in [0.15, 0.2) is 0 Å². The van der Waals surface area contributed by atoms with Crippen LogP contribution in [0.25, 0.3) is 0 Å². The molecule has 4 aliphatic heterocycles. The highest BCUT2D eigenvalue weighted by atomic mass is 16.6. The second kappa shape index (κ2) is 36.5. The van der Waals surface area contributed by atoms with E-state index in [1.165, 1.54) is 0 Å². The number of esters is 5. The summed E-state index contributed by atoms with van der Waals surface area (Å²) in [6.45, 7) is 40.6. The molecule has 20 heteroatoms. The van der Waals surface area contributed by atoms with E-state index in [9.17, 15) is 29.1 Å². The van der Waals surface area contributed by atoms with Gasteiger partial charge >= 0.3 is 29.8 Å². The molecule has 0 bridgehead atoms. The normalized spacial score (nSPS) is 22.2. The molecule has 4 fully saturated rings. The van der Waals surface area contributed by atoms with Crippen LogP contribution < -0.4 is 21.3 Å². The minimum atomic E-state index is -1.64. The van der Waals surface area contributed by atoms with Crippen molar-refractivity contribution in [3.8, 4) is 0 Å². The van der Waals surface area contributed by atoms with Crippen LogP contribution in [0.4, 0.5) is 0 Å². The molecule has 4 heterocycles. The van der Waals surface area contributed by atoms with Gasteiger partial charge in [-0.2, -0.15) is 0 Å². The topological polar surface area (TPSA) is 246 Å². The van der Waals surface area contributed by atoms with E-state index >= 15 is 0 Å². The summed E-state index contributed by atoms with van der Waals surface area (Å²) >= 11 is 0. The number of piperidine rings is 4. The molecule has 536 valence electrons. The quantitative estimate of drug-likeness (QED) is 0.0125. The first-order chi connectivity index (χ1) is 42.8. The van der Waals surface area contributed by atoms with Crippen molar-refractivity contribution in [2.45, 2.75) is 354 Å². The summed E-state index contributed by atoms with van der Waals surface area (Å²) in [6, 6.07) is 0. The van der Waals surface area contributed by atoms with E-state index in [0.29, 0.717) is 71.4 Å². The van der Waals surface area contributed by atoms with Gasteiger partial charge in [0.1, 0.15) is 5.41 Å². The Morgan fingerprint density at radius 1 is 0.359 bits per heavy atom. The molecule has 0 aromatic carbocycles. The number of unbranched alkanes of at least 4 members (excludes halogenated alkanes) is 2. The minimum absolute atomic E-state index is 0.0206. The Balaban J connectivity index is 1.33. The van der Waals surface area contributed by atoms with Crippen LogP contribution >= 0.6 is 0 Å². The molecule has 5 N–H and O–H groups in total. The summed E-state index contributed by atoms with van der Waals surface area (Å²) in [5, 5.41) is 26.6. The van der Waals surface area contributed by atoms with Crippen molar-refractivity contribution in [2.24, 2.45) is 10.8 Å². The molecule has 0 saturated carbocycles. The molecule has 20 nitrogen and oxygen atoms in total. The smallest absolute Gasteiger partial charge is 0.323 e. The summed E-state index contributed by atoms with van der Waals surface area (Å²) in [5.41, 5.74) is -3.72. The molecule has 2 atom stereocenters. The third-order valence-corrected chi connectivity index (χ3v) is 18.3. The first kappa shape index (κ1) is 81.4. The van der Waals surface area contributed by atoms with Gasteiger partial charge in [0.2, 0.25) is 0 Å². The van der Waals surface area contributed by atoms with Gasteiger partial charge in [-0.15, -0.1) is 0 Å². The van der Waals surface area contributed by atoms with Gasteiger partial charge in [-0.25, -0.2) is 0 Å². The second-order valence-electron chi connectivity index (χ2n) is 32.8. The zero-order valence-electron chi connectivity index (χ0n) is 61.0. The number of nitrogens with one attached hydrogen (secondary N) is 4. The van der Waals surface area contributed by atoms with E-state index in [4.69, 9.17) is 47.4 Å². The molecule has 92 heavy (non-hydrogen) atoms. The van der Waals surface area contributed by atoms with Crippen molar-refractivity contribution < 1.29 is 76.4 Å². The number of rotatable bonds is 42. The van der Waals surface area contributed by atoms with Crippen LogP contribution in [0.1, 0.15) is 279 Å². The van der Waals surface area contributed by atoms with Crippen molar-refractivity contribution in [3.05, 3.63) is 0 Å². The fourth-order valence-electron chi connectivity index (χ4n) is 15.6. The molecule has 4 aliphatic rings. The minimum Gasteiger partial charge on any atom is -0.466 e. The molecule has 0 radical (unpaired) electrons. The van der Waals surface area contributed by atoms with Gasteiger partial charge in [0.05, 0.1) is 96.7 Å². The van der Waals surface area contributed by atoms with Crippen molar-refractivity contribution in [1.82, 2.24) is 21.3 Å². The highest BCUT2D eigenvalue weighted by Gasteiger charge is 2.50. The zero-order chi connectivity index (χ0) is 68.7. The number of hydrogen-bond acceptors (Lipinski definition) is 20. The molecule has 0 aromatic rings. The summed E-state index contributed by atoms with van der Waals surface area (Å²) in [7, 11) is 0.